The third-order valence-corrected chi connectivity index (χ3v) is 5.02. The molecule has 0 bridgehead atoms. The number of nitrogens with zero attached hydrogens (tertiary/aromatic N) is 1. The van der Waals surface area contributed by atoms with E-state index in [1.54, 1.807) is 18.2 Å². The molecule has 0 aromatic heterocycles. The van der Waals surface area contributed by atoms with Gasteiger partial charge in [0.15, 0.2) is 5.78 Å². The summed E-state index contributed by atoms with van der Waals surface area (Å²) in [5.41, 5.74) is -0.354. The molecule has 4 heteroatoms. The minimum atomic E-state index is -0.557. The number of Topliss-reactive ketones (excluding diaryl/α,β-unsaturated/α-hetero) is 1. The third-order valence-electron chi connectivity index (χ3n) is 4.41. The number of hydrogen-bond acceptors (Lipinski definition) is 2. The number of halogens is 2. The normalized spacial score (nSPS) is 18.9. The van der Waals surface area contributed by atoms with E-state index in [1.807, 2.05) is 19.0 Å². The molecule has 1 aromatic carbocycles. The number of ketones is 1. The second-order valence-corrected chi connectivity index (χ2v) is 6.63. The van der Waals surface area contributed by atoms with E-state index in [0.29, 0.717) is 4.47 Å². The van der Waals surface area contributed by atoms with Crippen molar-refractivity contribution in [2.24, 2.45) is 0 Å². The lowest BCUT2D eigenvalue weighted by atomic mass is 9.81. The summed E-state index contributed by atoms with van der Waals surface area (Å²) in [6, 6.07) is 4.95. The van der Waals surface area contributed by atoms with Crippen LogP contribution < -0.4 is 0 Å². The van der Waals surface area contributed by atoms with Crippen LogP contribution in [0, 0.1) is 5.82 Å². The van der Waals surface area contributed by atoms with Gasteiger partial charge in [-0.2, -0.15) is 0 Å². The molecule has 0 atom stereocenters. The van der Waals surface area contributed by atoms with Gasteiger partial charge in [-0.15, -0.1) is 0 Å². The van der Waals surface area contributed by atoms with Crippen LogP contribution in [0.2, 0.25) is 0 Å². The molecule has 0 radical (unpaired) electrons. The Kier molecular flexibility index (Phi) is 4.97. The highest BCUT2D eigenvalue weighted by Gasteiger charge is 2.41. The predicted octanol–water partition coefficient (Wildman–Crippen LogP) is 4.43. The monoisotopic (exact) mass is 341 g/mol. The quantitative estimate of drug-likeness (QED) is 0.598. The van der Waals surface area contributed by atoms with Crippen LogP contribution in [0.4, 0.5) is 4.39 Å². The van der Waals surface area contributed by atoms with Gasteiger partial charge in [-0.05, 0) is 55.0 Å². The Morgan fingerprint density at radius 2 is 1.80 bits per heavy atom. The van der Waals surface area contributed by atoms with Gasteiger partial charge in [0.25, 0.3) is 0 Å². The fraction of sp³-hybridized carbons (Fsp3) is 0.562. The second-order valence-electron chi connectivity index (χ2n) is 5.77. The molecular weight excluding hydrogens is 321 g/mol. The molecule has 0 unspecified atom stereocenters. The van der Waals surface area contributed by atoms with Crippen LogP contribution in [0.5, 0.6) is 0 Å². The summed E-state index contributed by atoms with van der Waals surface area (Å²) < 4.78 is 14.6. The predicted molar refractivity (Wildman–Crippen MR) is 82.6 cm³/mol. The molecule has 1 aliphatic rings. The van der Waals surface area contributed by atoms with Crippen molar-refractivity contribution in [1.29, 1.82) is 0 Å². The molecule has 0 aliphatic heterocycles. The molecule has 1 aliphatic carbocycles. The van der Waals surface area contributed by atoms with Crippen molar-refractivity contribution in [3.8, 4) is 0 Å². The van der Waals surface area contributed by atoms with E-state index in [1.165, 1.54) is 0 Å². The highest BCUT2D eigenvalue weighted by Crippen LogP contribution is 2.35. The van der Waals surface area contributed by atoms with Gasteiger partial charge in [-0.1, -0.05) is 31.7 Å². The minimum absolute atomic E-state index is 0.0804. The van der Waals surface area contributed by atoms with Crippen LogP contribution in [0.1, 0.15) is 48.9 Å². The van der Waals surface area contributed by atoms with Gasteiger partial charge in [0.05, 0.1) is 15.6 Å². The molecule has 0 saturated heterocycles. The van der Waals surface area contributed by atoms with Crippen LogP contribution >= 0.6 is 15.9 Å². The molecule has 2 nitrogen and oxygen atoms in total. The molecule has 20 heavy (non-hydrogen) atoms. The van der Waals surface area contributed by atoms with E-state index in [9.17, 15) is 9.18 Å². The van der Waals surface area contributed by atoms with Crippen LogP contribution in [0.25, 0.3) is 0 Å². The third kappa shape index (κ3) is 2.82. The maximum Gasteiger partial charge on any atom is 0.186 e. The average molecular weight is 342 g/mol. The van der Waals surface area contributed by atoms with E-state index in [-0.39, 0.29) is 11.3 Å². The standard InChI is InChI=1S/C16H21BrFNO/c1-19(2)16(10-5-3-4-6-11-16)15(20)12-8-7-9-13(17)14(12)18/h7-9H,3-6,10-11H2,1-2H3. The Balaban J connectivity index is 2.43. The lowest BCUT2D eigenvalue weighted by Crippen LogP contribution is -2.51. The summed E-state index contributed by atoms with van der Waals surface area (Å²) in [5.74, 6) is -0.522. The van der Waals surface area contributed by atoms with Crippen LogP contribution in [0.3, 0.4) is 0 Å². The summed E-state index contributed by atoms with van der Waals surface area (Å²) >= 11 is 3.17. The van der Waals surface area contributed by atoms with E-state index >= 15 is 0 Å². The minimum Gasteiger partial charge on any atom is -0.297 e. The fourth-order valence-electron chi connectivity index (χ4n) is 3.12. The Bertz CT molecular complexity index is 493. The van der Waals surface area contributed by atoms with Crippen LogP contribution in [0.15, 0.2) is 22.7 Å². The molecular formula is C16H21BrFNO. The highest BCUT2D eigenvalue weighted by atomic mass is 79.9. The number of hydrogen-bond donors (Lipinski definition) is 0. The van der Waals surface area contributed by atoms with Crippen molar-refractivity contribution in [3.05, 3.63) is 34.1 Å². The Morgan fingerprint density at radius 1 is 1.20 bits per heavy atom. The summed E-state index contributed by atoms with van der Waals surface area (Å²) in [4.78, 5) is 15.0. The van der Waals surface area contributed by atoms with Gasteiger partial charge in [0.2, 0.25) is 0 Å². The van der Waals surface area contributed by atoms with E-state index in [2.05, 4.69) is 15.9 Å². The van der Waals surface area contributed by atoms with Crippen LogP contribution in [-0.4, -0.2) is 30.3 Å². The van der Waals surface area contributed by atoms with Crippen molar-refractivity contribution in [2.45, 2.75) is 44.1 Å². The number of carbonyl (C=O) groups is 1. The molecule has 1 aromatic rings. The summed E-state index contributed by atoms with van der Waals surface area (Å²) in [6.07, 6.45) is 5.99. The fourth-order valence-corrected chi connectivity index (χ4v) is 3.49. The first kappa shape index (κ1) is 15.6. The number of carbonyl (C=O) groups excluding carboxylic acids is 1. The van der Waals surface area contributed by atoms with Crippen molar-refractivity contribution in [1.82, 2.24) is 4.90 Å². The lowest BCUT2D eigenvalue weighted by Gasteiger charge is -2.38. The molecule has 2 rings (SSSR count). The molecule has 0 heterocycles. The maximum absolute atomic E-state index is 14.3. The molecule has 110 valence electrons. The SMILES string of the molecule is CN(C)C1(C(=O)c2cccc(Br)c2F)CCCCCC1. The summed E-state index contributed by atoms with van der Waals surface area (Å²) in [5, 5.41) is 0. The van der Waals surface area contributed by atoms with Crippen molar-refractivity contribution in [3.63, 3.8) is 0 Å². The van der Waals surface area contributed by atoms with Crippen molar-refractivity contribution < 1.29 is 9.18 Å². The number of rotatable bonds is 3. The first-order valence-electron chi connectivity index (χ1n) is 7.15. The second kappa shape index (κ2) is 6.35. The van der Waals surface area contributed by atoms with E-state index in [4.69, 9.17) is 0 Å². The average Bonchev–Trinajstić information content (AvgIpc) is 2.68. The summed E-state index contributed by atoms with van der Waals surface area (Å²) in [7, 11) is 3.86. The maximum atomic E-state index is 14.3. The molecule has 0 N–H and O–H groups in total. The number of benzene rings is 1. The first-order valence-corrected chi connectivity index (χ1v) is 7.94. The van der Waals surface area contributed by atoms with Gasteiger partial charge in [-0.25, -0.2) is 4.39 Å². The van der Waals surface area contributed by atoms with E-state index < -0.39 is 11.4 Å². The number of likely N-dealkylation sites (N-methyl/N-ethyl adjacent to an activating group) is 1. The largest absolute Gasteiger partial charge is 0.297 e. The van der Waals surface area contributed by atoms with Gasteiger partial charge >= 0.3 is 0 Å². The zero-order chi connectivity index (χ0) is 14.8. The van der Waals surface area contributed by atoms with Gasteiger partial charge in [-0.3, -0.25) is 9.69 Å². The van der Waals surface area contributed by atoms with Crippen molar-refractivity contribution >= 4 is 21.7 Å². The molecule has 1 saturated carbocycles. The molecule has 0 amide bonds. The molecule has 1 fully saturated rings. The van der Waals surface area contributed by atoms with E-state index in [0.717, 1.165) is 38.5 Å². The zero-order valence-corrected chi connectivity index (χ0v) is 13.7. The highest BCUT2D eigenvalue weighted by molar-refractivity contribution is 9.10. The Hall–Kier alpha value is -0.740. The van der Waals surface area contributed by atoms with Gasteiger partial charge in [0, 0.05) is 0 Å². The van der Waals surface area contributed by atoms with Gasteiger partial charge in [0.1, 0.15) is 5.82 Å². The summed E-state index contributed by atoms with van der Waals surface area (Å²) in [6.45, 7) is 0. The zero-order valence-electron chi connectivity index (χ0n) is 12.1. The Labute approximate surface area is 128 Å². The van der Waals surface area contributed by atoms with Crippen LogP contribution in [-0.2, 0) is 0 Å². The smallest absolute Gasteiger partial charge is 0.186 e. The van der Waals surface area contributed by atoms with Crippen molar-refractivity contribution in [2.75, 3.05) is 14.1 Å². The van der Waals surface area contributed by atoms with Gasteiger partial charge < -0.3 is 0 Å². The first-order chi connectivity index (χ1) is 9.49. The Morgan fingerprint density at radius 3 is 2.35 bits per heavy atom. The lowest BCUT2D eigenvalue weighted by molar-refractivity contribution is 0.0630. The molecule has 0 spiro atoms. The topological polar surface area (TPSA) is 20.3 Å².